The molecule has 344 valence electrons. The molecule has 8 heteroatoms. The normalized spacial score (nSPS) is 13.6. The number of hydrogen-bond acceptors (Lipinski definition) is 2. The fraction of sp³-hybridized carbons (Fsp3) is 0.0149. The van der Waals surface area contributed by atoms with Gasteiger partial charge >= 0.3 is 0 Å². The van der Waals surface area contributed by atoms with E-state index in [4.69, 9.17) is 9.47 Å². The lowest BCUT2D eigenvalue weighted by molar-refractivity contribution is 0.459. The smallest absolute Gasteiger partial charge is 0.256 e. The molecule has 0 spiro atoms. The highest BCUT2D eigenvalue weighted by Crippen LogP contribution is 2.44. The minimum Gasteiger partial charge on any atom is -0.458 e. The second-order valence-corrected chi connectivity index (χ2v) is 21.1. The molecular formula is C67H38B2N4O2. The summed E-state index contributed by atoms with van der Waals surface area (Å²) in [7, 11) is 0. The second kappa shape index (κ2) is 13.5. The molecule has 4 aliphatic heterocycles. The summed E-state index contributed by atoms with van der Waals surface area (Å²) in [5.74, 6) is 3.56. The first-order valence-corrected chi connectivity index (χ1v) is 26.1. The molecule has 0 N–H and O–H groups in total. The molecular weight excluding hydrogens is 914 g/mol. The maximum absolute atomic E-state index is 7.21. The molecule has 0 bridgehead atoms. The molecule has 0 aliphatic carbocycles. The van der Waals surface area contributed by atoms with Crippen molar-refractivity contribution in [2.45, 2.75) is 6.92 Å². The molecule has 0 unspecified atom stereocenters. The third kappa shape index (κ3) is 4.63. The van der Waals surface area contributed by atoms with Gasteiger partial charge < -0.3 is 27.7 Å². The summed E-state index contributed by atoms with van der Waals surface area (Å²) >= 11 is 0. The molecule has 0 radical (unpaired) electrons. The summed E-state index contributed by atoms with van der Waals surface area (Å²) in [5.41, 5.74) is 22.7. The Morgan fingerprint density at radius 2 is 0.680 bits per heavy atom. The van der Waals surface area contributed by atoms with Crippen LogP contribution in [0.2, 0.25) is 0 Å². The van der Waals surface area contributed by atoms with E-state index in [9.17, 15) is 0 Å². The first-order chi connectivity index (χ1) is 37.2. The lowest BCUT2D eigenvalue weighted by Gasteiger charge is -2.37. The van der Waals surface area contributed by atoms with Crippen LogP contribution in [0.5, 0.6) is 23.0 Å². The molecule has 8 heterocycles. The number of fused-ring (bicyclic) bond motifs is 20. The molecule has 11 aromatic carbocycles. The topological polar surface area (TPSA) is 38.2 Å². The van der Waals surface area contributed by atoms with E-state index in [1.165, 1.54) is 120 Å². The number of nitrogens with zero attached hydrogens (tertiary/aromatic N) is 4. The monoisotopic (exact) mass is 952 g/mol. The average molecular weight is 953 g/mol. The maximum atomic E-state index is 7.21. The van der Waals surface area contributed by atoms with Gasteiger partial charge in [-0.3, -0.25) is 0 Å². The molecule has 0 atom stereocenters. The summed E-state index contributed by atoms with van der Waals surface area (Å²) in [6.45, 7) is 2.07. The van der Waals surface area contributed by atoms with Gasteiger partial charge in [-0.05, 0) is 125 Å². The van der Waals surface area contributed by atoms with Gasteiger partial charge in [0.2, 0.25) is 0 Å². The van der Waals surface area contributed by atoms with Gasteiger partial charge in [-0.1, -0.05) is 127 Å². The van der Waals surface area contributed by atoms with Crippen molar-refractivity contribution in [3.8, 4) is 45.7 Å². The van der Waals surface area contributed by atoms with Crippen LogP contribution in [0, 0.1) is 6.92 Å². The van der Waals surface area contributed by atoms with Crippen LogP contribution in [0.4, 0.5) is 0 Å². The minimum absolute atomic E-state index is 0.0667. The summed E-state index contributed by atoms with van der Waals surface area (Å²) < 4.78 is 24.3. The van der Waals surface area contributed by atoms with Crippen molar-refractivity contribution < 1.29 is 9.47 Å². The van der Waals surface area contributed by atoms with Crippen molar-refractivity contribution in [3.63, 3.8) is 0 Å². The van der Waals surface area contributed by atoms with Crippen molar-refractivity contribution in [1.29, 1.82) is 0 Å². The highest BCUT2D eigenvalue weighted by Gasteiger charge is 2.46. The van der Waals surface area contributed by atoms with Crippen molar-refractivity contribution in [3.05, 3.63) is 218 Å². The summed E-state index contributed by atoms with van der Waals surface area (Å²) in [6.07, 6.45) is 0. The predicted octanol–water partition coefficient (Wildman–Crippen LogP) is 12.3. The Labute approximate surface area is 429 Å². The molecule has 0 amide bonds. The van der Waals surface area contributed by atoms with E-state index in [0.29, 0.717) is 0 Å². The van der Waals surface area contributed by atoms with Crippen LogP contribution in [0.25, 0.3) is 110 Å². The quantitative estimate of drug-likeness (QED) is 0.162. The van der Waals surface area contributed by atoms with Gasteiger partial charge in [-0.15, -0.1) is 0 Å². The fourth-order valence-corrected chi connectivity index (χ4v) is 14.7. The van der Waals surface area contributed by atoms with Crippen LogP contribution in [0.15, 0.2) is 212 Å². The zero-order chi connectivity index (χ0) is 48.5. The van der Waals surface area contributed by atoms with Crippen LogP contribution in [-0.4, -0.2) is 31.7 Å². The lowest BCUT2D eigenvalue weighted by atomic mass is 9.31. The summed E-state index contributed by atoms with van der Waals surface area (Å²) in [4.78, 5) is 0. The predicted molar refractivity (Wildman–Crippen MR) is 311 cm³/mol. The second-order valence-electron chi connectivity index (χ2n) is 21.1. The van der Waals surface area contributed by atoms with Gasteiger partial charge in [0, 0.05) is 82.4 Å². The molecule has 19 rings (SSSR count). The van der Waals surface area contributed by atoms with Crippen LogP contribution >= 0.6 is 0 Å². The highest BCUT2D eigenvalue weighted by atomic mass is 16.5. The molecule has 0 fully saturated rings. The molecule has 0 saturated heterocycles. The molecule has 6 nitrogen and oxygen atoms in total. The maximum Gasteiger partial charge on any atom is 0.256 e. The molecule has 4 aliphatic rings. The van der Waals surface area contributed by atoms with E-state index in [0.717, 1.165) is 51.3 Å². The number of aromatic nitrogens is 4. The SMILES string of the molecule is Cc1c2c(cc3c1Oc1cccc4c1B3c1cccc3c5cc(-n6c7ccccc7c7ccccc76)ccc5n-4c13)B1c3c(cccc3-n3c4ccc(-n5c6ccccc6c6ccccc65)cc4c4cccc1c43)O2. The lowest BCUT2D eigenvalue weighted by Crippen LogP contribution is -2.62. The fourth-order valence-electron chi connectivity index (χ4n) is 14.7. The Bertz CT molecular complexity index is 4760. The van der Waals surface area contributed by atoms with E-state index in [-0.39, 0.29) is 13.4 Å². The van der Waals surface area contributed by atoms with Crippen molar-refractivity contribution >= 4 is 133 Å². The van der Waals surface area contributed by atoms with Gasteiger partial charge in [0.1, 0.15) is 23.0 Å². The Morgan fingerprint density at radius 1 is 0.307 bits per heavy atom. The minimum atomic E-state index is -0.0667. The first-order valence-electron chi connectivity index (χ1n) is 26.1. The van der Waals surface area contributed by atoms with Crippen molar-refractivity contribution in [2.24, 2.45) is 0 Å². The van der Waals surface area contributed by atoms with Gasteiger partial charge in [0.05, 0.1) is 33.1 Å². The zero-order valence-corrected chi connectivity index (χ0v) is 40.5. The van der Waals surface area contributed by atoms with Gasteiger partial charge in [0.15, 0.2) is 0 Å². The highest BCUT2D eigenvalue weighted by molar-refractivity contribution is 7.02. The van der Waals surface area contributed by atoms with Crippen LogP contribution in [0.3, 0.4) is 0 Å². The average Bonchev–Trinajstić information content (AvgIpc) is 4.21. The Kier molecular flexibility index (Phi) is 7.01. The summed E-state index contributed by atoms with van der Waals surface area (Å²) in [6, 6.07) is 78.7. The largest absolute Gasteiger partial charge is 0.458 e. The molecule has 4 aromatic heterocycles. The van der Waals surface area contributed by atoms with E-state index in [2.05, 4.69) is 238 Å². The number of hydrogen-bond donors (Lipinski definition) is 0. The Balaban J connectivity index is 0.826. The van der Waals surface area contributed by atoms with E-state index in [1.807, 2.05) is 0 Å². The summed E-state index contributed by atoms with van der Waals surface area (Å²) in [5, 5.41) is 10.0. The Morgan fingerprint density at radius 3 is 1.11 bits per heavy atom. The molecule has 15 aromatic rings. The van der Waals surface area contributed by atoms with E-state index >= 15 is 0 Å². The molecule has 75 heavy (non-hydrogen) atoms. The van der Waals surface area contributed by atoms with E-state index < -0.39 is 0 Å². The van der Waals surface area contributed by atoms with Crippen molar-refractivity contribution in [1.82, 2.24) is 18.3 Å². The van der Waals surface area contributed by atoms with Crippen LogP contribution in [-0.2, 0) is 0 Å². The third-order valence-electron chi connectivity index (χ3n) is 17.6. The van der Waals surface area contributed by atoms with Crippen LogP contribution < -0.4 is 42.3 Å². The third-order valence-corrected chi connectivity index (χ3v) is 17.6. The van der Waals surface area contributed by atoms with Crippen LogP contribution in [0.1, 0.15) is 5.56 Å². The number of ether oxygens (including phenoxy) is 2. The first kappa shape index (κ1) is 39.0. The van der Waals surface area contributed by atoms with E-state index in [1.54, 1.807) is 0 Å². The zero-order valence-electron chi connectivity index (χ0n) is 40.5. The van der Waals surface area contributed by atoms with Gasteiger partial charge in [0.25, 0.3) is 13.4 Å². The molecule has 0 saturated carbocycles. The number of para-hydroxylation sites is 6. The van der Waals surface area contributed by atoms with Crippen molar-refractivity contribution in [2.75, 3.05) is 0 Å². The standard InChI is InChI=1S/C67H38B2N4O2/c1-37-66-50(68-48-20-10-18-44-46-34-38(70-52-22-6-2-14-40(52)41-15-3-7-23-53(41)70)30-32-56(46)72(64(44)48)58-26-12-28-60(74-66)62(58)68)36-51-67(37)75-61-29-13-27-59-63(61)69(51)49-21-11-19-45-47-35-39(31-33-57(47)73(59)65(45)49)71-54-24-8-4-16-42(54)43-17-5-9-25-55(43)71/h2-36H,1H3. The number of benzene rings is 11. The Hall–Kier alpha value is -9.65. The number of rotatable bonds is 2. The van der Waals surface area contributed by atoms with Gasteiger partial charge in [-0.25, -0.2) is 0 Å². The van der Waals surface area contributed by atoms with Gasteiger partial charge in [-0.2, -0.15) is 0 Å².